The molecule has 0 saturated heterocycles. The first-order valence-electron chi connectivity index (χ1n) is 9.11. The molecule has 154 valence electrons. The molecule has 0 spiro atoms. The number of aryl methyl sites for hydroxylation is 1. The monoisotopic (exact) mass is 486 g/mol. The molecule has 1 amide bonds. The Kier molecular flexibility index (Phi) is 7.49. The van der Waals surface area contributed by atoms with Crippen LogP contribution in [0.4, 0.5) is 0 Å². The van der Waals surface area contributed by atoms with Crippen LogP contribution in [-0.2, 0) is 6.61 Å². The van der Waals surface area contributed by atoms with Crippen molar-refractivity contribution in [2.24, 2.45) is 5.10 Å². The molecule has 7 heteroatoms. The highest BCUT2D eigenvalue weighted by molar-refractivity contribution is 9.10. The van der Waals surface area contributed by atoms with Gasteiger partial charge in [0.1, 0.15) is 6.61 Å². The van der Waals surface area contributed by atoms with Crippen LogP contribution in [0.1, 0.15) is 27.0 Å². The summed E-state index contributed by atoms with van der Waals surface area (Å²) in [4.78, 5) is 12.3. The van der Waals surface area contributed by atoms with Gasteiger partial charge in [0.25, 0.3) is 5.91 Å². The Hall–Kier alpha value is -2.83. The molecule has 1 N–H and O–H groups in total. The molecular weight excluding hydrogens is 468 g/mol. The van der Waals surface area contributed by atoms with Gasteiger partial charge in [-0.15, -0.1) is 0 Å². The zero-order valence-electron chi connectivity index (χ0n) is 16.5. The summed E-state index contributed by atoms with van der Waals surface area (Å²) >= 11 is 9.63. The second-order valence-electron chi connectivity index (χ2n) is 6.48. The Balaban J connectivity index is 1.70. The third kappa shape index (κ3) is 5.62. The SMILES string of the molecule is COc1cc(/C=N\NC(=O)c2ccc(C)cc2Cl)c(Br)cc1OCc1ccccc1. The molecule has 0 aromatic heterocycles. The standard InChI is InChI=1S/C23H20BrClN2O3/c1-15-8-9-18(20(25)10-15)23(28)27-26-13-17-11-21(29-2)22(12-19(17)24)30-14-16-6-4-3-5-7-16/h3-13H,14H2,1-2H3,(H,27,28)/b26-13-. The van der Waals surface area contributed by atoms with E-state index in [2.05, 4.69) is 26.5 Å². The van der Waals surface area contributed by atoms with Crippen molar-refractivity contribution in [1.82, 2.24) is 5.43 Å². The summed E-state index contributed by atoms with van der Waals surface area (Å²) in [5.41, 5.74) is 5.60. The van der Waals surface area contributed by atoms with E-state index in [0.29, 0.717) is 34.3 Å². The topological polar surface area (TPSA) is 59.9 Å². The number of hydrazone groups is 1. The predicted octanol–water partition coefficient (Wildman–Crippen LogP) is 5.76. The van der Waals surface area contributed by atoms with Crippen LogP contribution in [0.3, 0.4) is 0 Å². The van der Waals surface area contributed by atoms with Gasteiger partial charge in [-0.1, -0.05) is 48.0 Å². The van der Waals surface area contributed by atoms with Crippen molar-refractivity contribution in [2.45, 2.75) is 13.5 Å². The smallest absolute Gasteiger partial charge is 0.272 e. The van der Waals surface area contributed by atoms with Gasteiger partial charge >= 0.3 is 0 Å². The van der Waals surface area contributed by atoms with Gasteiger partial charge in [-0.2, -0.15) is 5.10 Å². The van der Waals surface area contributed by atoms with E-state index >= 15 is 0 Å². The maximum Gasteiger partial charge on any atom is 0.272 e. The van der Waals surface area contributed by atoms with Crippen LogP contribution in [0.2, 0.25) is 5.02 Å². The first-order valence-corrected chi connectivity index (χ1v) is 10.3. The number of carbonyl (C=O) groups is 1. The van der Waals surface area contributed by atoms with Crippen molar-refractivity contribution >= 4 is 39.7 Å². The van der Waals surface area contributed by atoms with Gasteiger partial charge in [-0.3, -0.25) is 4.79 Å². The highest BCUT2D eigenvalue weighted by Gasteiger charge is 2.11. The molecular formula is C23H20BrClN2O3. The molecule has 0 aliphatic carbocycles. The third-order valence-corrected chi connectivity index (χ3v) is 5.26. The predicted molar refractivity (Wildman–Crippen MR) is 123 cm³/mol. The fourth-order valence-electron chi connectivity index (χ4n) is 2.68. The summed E-state index contributed by atoms with van der Waals surface area (Å²) in [6.07, 6.45) is 1.52. The van der Waals surface area contributed by atoms with E-state index in [4.69, 9.17) is 21.1 Å². The van der Waals surface area contributed by atoms with Crippen molar-refractivity contribution in [3.63, 3.8) is 0 Å². The Bertz CT molecular complexity index is 1070. The fraction of sp³-hybridized carbons (Fsp3) is 0.130. The number of amides is 1. The number of ether oxygens (including phenoxy) is 2. The summed E-state index contributed by atoms with van der Waals surface area (Å²) in [5, 5.41) is 4.41. The Morgan fingerprint density at radius 1 is 1.13 bits per heavy atom. The highest BCUT2D eigenvalue weighted by atomic mass is 79.9. The normalized spacial score (nSPS) is 10.8. The lowest BCUT2D eigenvalue weighted by Crippen LogP contribution is -2.18. The van der Waals surface area contributed by atoms with Gasteiger partial charge in [-0.25, -0.2) is 5.43 Å². The van der Waals surface area contributed by atoms with Crippen LogP contribution in [-0.4, -0.2) is 19.2 Å². The number of nitrogens with one attached hydrogen (secondary N) is 1. The molecule has 0 unspecified atom stereocenters. The van der Waals surface area contributed by atoms with Gasteiger partial charge in [0.2, 0.25) is 0 Å². The molecule has 0 radical (unpaired) electrons. The number of halogens is 2. The molecule has 0 bridgehead atoms. The Labute approximate surface area is 188 Å². The molecule has 0 atom stereocenters. The van der Waals surface area contributed by atoms with E-state index in [-0.39, 0.29) is 5.91 Å². The van der Waals surface area contributed by atoms with E-state index in [9.17, 15) is 4.79 Å². The van der Waals surface area contributed by atoms with E-state index in [1.165, 1.54) is 6.21 Å². The summed E-state index contributed by atoms with van der Waals surface area (Å²) in [6, 6.07) is 18.7. The second-order valence-corrected chi connectivity index (χ2v) is 7.74. The molecule has 3 rings (SSSR count). The number of benzene rings is 3. The summed E-state index contributed by atoms with van der Waals surface area (Å²) < 4.78 is 12.1. The average molecular weight is 488 g/mol. The van der Waals surface area contributed by atoms with Crippen LogP contribution in [0, 0.1) is 6.92 Å². The number of rotatable bonds is 7. The number of nitrogens with zero attached hydrogens (tertiary/aromatic N) is 1. The molecule has 3 aromatic carbocycles. The molecule has 5 nitrogen and oxygen atoms in total. The zero-order chi connectivity index (χ0) is 21.5. The number of hydrogen-bond acceptors (Lipinski definition) is 4. The summed E-state index contributed by atoms with van der Waals surface area (Å²) in [7, 11) is 1.57. The van der Waals surface area contributed by atoms with E-state index in [1.54, 1.807) is 25.3 Å². The quantitative estimate of drug-likeness (QED) is 0.340. The fourth-order valence-corrected chi connectivity index (χ4v) is 3.43. The summed E-state index contributed by atoms with van der Waals surface area (Å²) in [6.45, 7) is 2.33. The Morgan fingerprint density at radius 3 is 2.60 bits per heavy atom. The third-order valence-electron chi connectivity index (χ3n) is 4.26. The molecule has 0 saturated carbocycles. The molecule has 0 aliphatic rings. The average Bonchev–Trinajstić information content (AvgIpc) is 2.74. The lowest BCUT2D eigenvalue weighted by atomic mass is 10.1. The molecule has 0 fully saturated rings. The van der Waals surface area contributed by atoms with Crippen LogP contribution in [0.25, 0.3) is 0 Å². The first-order chi connectivity index (χ1) is 14.5. The maximum atomic E-state index is 12.3. The van der Waals surface area contributed by atoms with Crippen molar-refractivity contribution in [1.29, 1.82) is 0 Å². The van der Waals surface area contributed by atoms with E-state index in [1.807, 2.05) is 49.4 Å². The van der Waals surface area contributed by atoms with Gasteiger partial charge in [0.05, 0.1) is 23.9 Å². The maximum absolute atomic E-state index is 12.3. The second kappa shape index (κ2) is 10.3. The van der Waals surface area contributed by atoms with Crippen LogP contribution in [0.15, 0.2) is 70.2 Å². The number of hydrogen-bond donors (Lipinski definition) is 1. The zero-order valence-corrected chi connectivity index (χ0v) is 18.8. The number of carbonyl (C=O) groups excluding carboxylic acids is 1. The van der Waals surface area contributed by atoms with E-state index in [0.717, 1.165) is 15.6 Å². The van der Waals surface area contributed by atoms with Crippen molar-refractivity contribution in [2.75, 3.05) is 7.11 Å². The van der Waals surface area contributed by atoms with Crippen molar-refractivity contribution in [3.8, 4) is 11.5 Å². The number of methoxy groups -OCH3 is 1. The Morgan fingerprint density at radius 2 is 1.90 bits per heavy atom. The van der Waals surface area contributed by atoms with Crippen molar-refractivity contribution in [3.05, 3.63) is 92.4 Å². The highest BCUT2D eigenvalue weighted by Crippen LogP contribution is 2.33. The lowest BCUT2D eigenvalue weighted by Gasteiger charge is -2.12. The van der Waals surface area contributed by atoms with Gasteiger partial charge in [-0.05, 0) is 58.2 Å². The van der Waals surface area contributed by atoms with Crippen LogP contribution >= 0.6 is 27.5 Å². The molecule has 3 aromatic rings. The van der Waals surface area contributed by atoms with E-state index < -0.39 is 0 Å². The minimum absolute atomic E-state index is 0.362. The minimum atomic E-state index is -0.387. The van der Waals surface area contributed by atoms with Gasteiger partial charge in [0.15, 0.2) is 11.5 Å². The van der Waals surface area contributed by atoms with Crippen molar-refractivity contribution < 1.29 is 14.3 Å². The largest absolute Gasteiger partial charge is 0.493 e. The first kappa shape index (κ1) is 21.9. The van der Waals surface area contributed by atoms with Gasteiger partial charge in [0, 0.05) is 10.0 Å². The molecule has 0 aliphatic heterocycles. The molecule has 30 heavy (non-hydrogen) atoms. The molecule has 0 heterocycles. The van der Waals surface area contributed by atoms with Crippen LogP contribution < -0.4 is 14.9 Å². The summed E-state index contributed by atoms with van der Waals surface area (Å²) in [5.74, 6) is 0.770. The lowest BCUT2D eigenvalue weighted by molar-refractivity contribution is 0.0955. The van der Waals surface area contributed by atoms with Crippen LogP contribution in [0.5, 0.6) is 11.5 Å². The minimum Gasteiger partial charge on any atom is -0.493 e. The van der Waals surface area contributed by atoms with Gasteiger partial charge < -0.3 is 9.47 Å².